The highest BCUT2D eigenvalue weighted by molar-refractivity contribution is 5.96. The summed E-state index contributed by atoms with van der Waals surface area (Å²) in [5.74, 6) is 0.475. The van der Waals surface area contributed by atoms with Crippen LogP contribution in [0.25, 0.3) is 0 Å². The Bertz CT molecular complexity index is 879. The summed E-state index contributed by atoms with van der Waals surface area (Å²) in [5, 5.41) is 2.64. The largest absolute Gasteiger partial charge is 0.493 e. The van der Waals surface area contributed by atoms with Crippen molar-refractivity contribution in [3.8, 4) is 11.5 Å². The maximum absolute atomic E-state index is 12.4. The lowest BCUT2D eigenvalue weighted by molar-refractivity contribution is -0.140. The lowest BCUT2D eigenvalue weighted by Crippen LogP contribution is -2.53. The van der Waals surface area contributed by atoms with Gasteiger partial charge in [0.15, 0.2) is 18.1 Å². The molecule has 0 aromatic heterocycles. The predicted octanol–water partition coefficient (Wildman–Crippen LogP) is 1.17. The molecule has 0 spiro atoms. The SMILES string of the molecule is COc1ccccc1OCC(=O)N1CCN(C(=O)CNC(=O)c2ccccc2)CC1. The molecule has 2 aromatic rings. The van der Waals surface area contributed by atoms with E-state index >= 15 is 0 Å². The first-order chi connectivity index (χ1) is 14.6. The fraction of sp³-hybridized carbons (Fsp3) is 0.318. The summed E-state index contributed by atoms with van der Waals surface area (Å²) in [5.41, 5.74) is 0.510. The lowest BCUT2D eigenvalue weighted by atomic mass is 10.2. The summed E-state index contributed by atoms with van der Waals surface area (Å²) in [6.45, 7) is 1.51. The third kappa shape index (κ3) is 5.50. The first-order valence-electron chi connectivity index (χ1n) is 9.73. The van der Waals surface area contributed by atoms with Crippen molar-refractivity contribution in [3.05, 3.63) is 60.2 Å². The molecular formula is C22H25N3O5. The van der Waals surface area contributed by atoms with Gasteiger partial charge in [-0.05, 0) is 24.3 Å². The van der Waals surface area contributed by atoms with E-state index in [0.29, 0.717) is 43.2 Å². The highest BCUT2D eigenvalue weighted by atomic mass is 16.5. The van der Waals surface area contributed by atoms with Gasteiger partial charge in [-0.1, -0.05) is 30.3 Å². The summed E-state index contributed by atoms with van der Waals surface area (Å²) in [7, 11) is 1.54. The highest BCUT2D eigenvalue weighted by Crippen LogP contribution is 2.25. The molecule has 2 aromatic carbocycles. The zero-order valence-electron chi connectivity index (χ0n) is 16.9. The van der Waals surface area contributed by atoms with Crippen LogP contribution in [0.15, 0.2) is 54.6 Å². The number of hydrogen-bond donors (Lipinski definition) is 1. The van der Waals surface area contributed by atoms with Crippen molar-refractivity contribution in [3.63, 3.8) is 0 Å². The van der Waals surface area contributed by atoms with Crippen molar-refractivity contribution in [2.24, 2.45) is 0 Å². The molecule has 30 heavy (non-hydrogen) atoms. The van der Waals surface area contributed by atoms with Crippen LogP contribution < -0.4 is 14.8 Å². The Hall–Kier alpha value is -3.55. The molecule has 1 N–H and O–H groups in total. The molecule has 8 heteroatoms. The molecule has 3 amide bonds. The standard InChI is InChI=1S/C22H25N3O5/c1-29-18-9-5-6-10-19(18)30-16-21(27)25-13-11-24(12-14-25)20(26)15-23-22(28)17-7-3-2-4-8-17/h2-10H,11-16H2,1H3,(H,23,28). The van der Waals surface area contributed by atoms with Crippen LogP contribution in [0.4, 0.5) is 0 Å². The number of nitrogens with one attached hydrogen (secondary N) is 1. The fourth-order valence-electron chi connectivity index (χ4n) is 3.13. The van der Waals surface area contributed by atoms with E-state index < -0.39 is 0 Å². The molecule has 1 saturated heterocycles. The van der Waals surface area contributed by atoms with Gasteiger partial charge in [0, 0.05) is 31.7 Å². The van der Waals surface area contributed by atoms with Crippen LogP contribution in [0, 0.1) is 0 Å². The summed E-state index contributed by atoms with van der Waals surface area (Å²) >= 11 is 0. The predicted molar refractivity (Wildman–Crippen MR) is 110 cm³/mol. The quantitative estimate of drug-likeness (QED) is 0.739. The van der Waals surface area contributed by atoms with Gasteiger partial charge in [0.1, 0.15) is 0 Å². The smallest absolute Gasteiger partial charge is 0.260 e. The summed E-state index contributed by atoms with van der Waals surface area (Å²) in [4.78, 5) is 40.1. The average Bonchev–Trinajstić information content (AvgIpc) is 2.81. The molecule has 0 bridgehead atoms. The number of carbonyl (C=O) groups excluding carboxylic acids is 3. The molecule has 8 nitrogen and oxygen atoms in total. The Labute approximate surface area is 175 Å². The van der Waals surface area contributed by atoms with E-state index in [1.165, 1.54) is 0 Å². The maximum atomic E-state index is 12.4. The van der Waals surface area contributed by atoms with E-state index in [1.807, 2.05) is 18.2 Å². The van der Waals surface area contributed by atoms with Gasteiger partial charge < -0.3 is 24.6 Å². The van der Waals surface area contributed by atoms with Crippen molar-refractivity contribution in [2.45, 2.75) is 0 Å². The van der Waals surface area contributed by atoms with Crippen molar-refractivity contribution in [2.75, 3.05) is 46.4 Å². The number of rotatable bonds is 7. The number of nitrogens with zero attached hydrogens (tertiary/aromatic N) is 2. The van der Waals surface area contributed by atoms with E-state index in [4.69, 9.17) is 9.47 Å². The average molecular weight is 411 g/mol. The zero-order chi connectivity index (χ0) is 21.3. The number of methoxy groups -OCH3 is 1. The molecule has 1 fully saturated rings. The van der Waals surface area contributed by atoms with E-state index in [0.717, 1.165) is 0 Å². The van der Waals surface area contributed by atoms with Gasteiger partial charge in [-0.2, -0.15) is 0 Å². The second kappa shape index (κ2) is 10.3. The van der Waals surface area contributed by atoms with E-state index in [9.17, 15) is 14.4 Å². The van der Waals surface area contributed by atoms with Crippen molar-refractivity contribution >= 4 is 17.7 Å². The minimum atomic E-state index is -0.286. The Kier molecular flexibility index (Phi) is 7.26. The van der Waals surface area contributed by atoms with Gasteiger partial charge in [-0.25, -0.2) is 0 Å². The monoisotopic (exact) mass is 411 g/mol. The Morgan fingerprint density at radius 2 is 1.40 bits per heavy atom. The third-order valence-corrected chi connectivity index (χ3v) is 4.84. The van der Waals surface area contributed by atoms with Gasteiger partial charge in [0.25, 0.3) is 11.8 Å². The Balaban J connectivity index is 1.41. The van der Waals surface area contributed by atoms with Crippen LogP contribution in [-0.4, -0.2) is 74.0 Å². The molecule has 1 aliphatic heterocycles. The third-order valence-electron chi connectivity index (χ3n) is 4.84. The fourth-order valence-corrected chi connectivity index (χ4v) is 3.13. The first-order valence-corrected chi connectivity index (χ1v) is 9.73. The normalized spacial score (nSPS) is 13.5. The number of hydrogen-bond acceptors (Lipinski definition) is 5. The second-order valence-corrected chi connectivity index (χ2v) is 6.75. The molecule has 0 radical (unpaired) electrons. The summed E-state index contributed by atoms with van der Waals surface area (Å²) in [6, 6.07) is 15.9. The van der Waals surface area contributed by atoms with Gasteiger partial charge in [-0.3, -0.25) is 14.4 Å². The van der Waals surface area contributed by atoms with Crippen molar-refractivity contribution in [1.82, 2.24) is 15.1 Å². The molecule has 0 atom stereocenters. The van der Waals surface area contributed by atoms with Crippen molar-refractivity contribution < 1.29 is 23.9 Å². The van der Waals surface area contributed by atoms with E-state index in [1.54, 1.807) is 53.3 Å². The summed E-state index contributed by atoms with van der Waals surface area (Å²) in [6.07, 6.45) is 0. The van der Waals surface area contributed by atoms with E-state index in [-0.39, 0.29) is 30.9 Å². The van der Waals surface area contributed by atoms with Gasteiger partial charge in [0.05, 0.1) is 13.7 Å². The van der Waals surface area contributed by atoms with Crippen LogP contribution >= 0.6 is 0 Å². The lowest BCUT2D eigenvalue weighted by Gasteiger charge is -2.34. The highest BCUT2D eigenvalue weighted by Gasteiger charge is 2.24. The molecule has 3 rings (SSSR count). The number of ether oxygens (including phenoxy) is 2. The van der Waals surface area contributed by atoms with Crippen LogP contribution in [-0.2, 0) is 9.59 Å². The maximum Gasteiger partial charge on any atom is 0.260 e. The minimum Gasteiger partial charge on any atom is -0.493 e. The number of para-hydroxylation sites is 2. The van der Waals surface area contributed by atoms with Crippen LogP contribution in [0.5, 0.6) is 11.5 Å². The molecule has 1 aliphatic rings. The topological polar surface area (TPSA) is 88.2 Å². The number of carbonyl (C=O) groups is 3. The zero-order valence-corrected chi connectivity index (χ0v) is 16.9. The number of piperazine rings is 1. The number of benzene rings is 2. The van der Waals surface area contributed by atoms with Crippen LogP contribution in [0.3, 0.4) is 0 Å². The second-order valence-electron chi connectivity index (χ2n) is 6.75. The van der Waals surface area contributed by atoms with Gasteiger partial charge >= 0.3 is 0 Å². The number of amides is 3. The Morgan fingerprint density at radius 1 is 0.833 bits per heavy atom. The minimum absolute atomic E-state index is 0.0708. The first kappa shape index (κ1) is 21.2. The summed E-state index contributed by atoms with van der Waals surface area (Å²) < 4.78 is 10.8. The molecular weight excluding hydrogens is 386 g/mol. The van der Waals surface area contributed by atoms with Gasteiger partial charge in [0.2, 0.25) is 5.91 Å². The molecule has 1 heterocycles. The van der Waals surface area contributed by atoms with Crippen LogP contribution in [0.2, 0.25) is 0 Å². The molecule has 0 aliphatic carbocycles. The Morgan fingerprint density at radius 3 is 2.03 bits per heavy atom. The van der Waals surface area contributed by atoms with Gasteiger partial charge in [-0.15, -0.1) is 0 Å². The molecule has 0 unspecified atom stereocenters. The molecule has 158 valence electrons. The van der Waals surface area contributed by atoms with Crippen molar-refractivity contribution in [1.29, 1.82) is 0 Å². The van der Waals surface area contributed by atoms with Crippen LogP contribution in [0.1, 0.15) is 10.4 Å². The molecule has 0 saturated carbocycles. The van der Waals surface area contributed by atoms with E-state index in [2.05, 4.69) is 5.32 Å².